The van der Waals surface area contributed by atoms with E-state index in [1.54, 1.807) is 0 Å². The third-order valence-corrected chi connectivity index (χ3v) is 4.99. The van der Waals surface area contributed by atoms with E-state index in [4.69, 9.17) is 5.73 Å². The molecule has 158 valence electrons. The molecule has 3 amide bonds. The van der Waals surface area contributed by atoms with E-state index in [1.165, 1.54) is 34.1 Å². The van der Waals surface area contributed by atoms with Gasteiger partial charge in [-0.1, -0.05) is 30.3 Å². The fourth-order valence-corrected chi connectivity index (χ4v) is 3.47. The van der Waals surface area contributed by atoms with Gasteiger partial charge in [-0.3, -0.25) is 14.4 Å². The number of benzene rings is 2. The summed E-state index contributed by atoms with van der Waals surface area (Å²) in [7, 11) is 0. The van der Waals surface area contributed by atoms with Crippen LogP contribution in [-0.4, -0.2) is 59.9 Å². The van der Waals surface area contributed by atoms with Crippen molar-refractivity contribution in [3.8, 4) is 0 Å². The molecular formula is C22H25FN4O3. The molecule has 1 unspecified atom stereocenters. The first-order chi connectivity index (χ1) is 14.5. The summed E-state index contributed by atoms with van der Waals surface area (Å²) in [5.41, 5.74) is 6.75. The van der Waals surface area contributed by atoms with E-state index in [0.717, 1.165) is 5.56 Å². The molecule has 1 aliphatic rings. The topological polar surface area (TPSA) is 95.7 Å². The maximum Gasteiger partial charge on any atom is 0.263 e. The van der Waals surface area contributed by atoms with Crippen LogP contribution in [0, 0.1) is 5.82 Å². The Morgan fingerprint density at radius 3 is 2.33 bits per heavy atom. The molecule has 1 heterocycles. The summed E-state index contributed by atoms with van der Waals surface area (Å²) in [6.07, 6.45) is -0.292. The van der Waals surface area contributed by atoms with E-state index in [-0.39, 0.29) is 44.1 Å². The van der Waals surface area contributed by atoms with Crippen LogP contribution in [0.3, 0.4) is 0 Å². The molecule has 0 aliphatic carbocycles. The second-order valence-corrected chi connectivity index (χ2v) is 7.03. The Kier molecular flexibility index (Phi) is 7.13. The summed E-state index contributed by atoms with van der Waals surface area (Å²) < 4.78 is 13.2. The molecule has 1 saturated heterocycles. The van der Waals surface area contributed by atoms with Crippen LogP contribution in [0.25, 0.3) is 0 Å². The summed E-state index contributed by atoms with van der Waals surface area (Å²) in [6, 6.07) is 14.7. The number of rotatable bonds is 7. The number of nitrogens with two attached hydrogens (primary N) is 1. The Labute approximate surface area is 174 Å². The lowest BCUT2D eigenvalue weighted by molar-refractivity contribution is -0.141. The fraction of sp³-hybridized carbons (Fsp3) is 0.318. The number of carbonyl (C=O) groups excluding carboxylic acids is 3. The van der Waals surface area contributed by atoms with Crippen molar-refractivity contribution < 1.29 is 18.8 Å². The maximum absolute atomic E-state index is 13.2. The van der Waals surface area contributed by atoms with Crippen LogP contribution in [0.2, 0.25) is 0 Å². The lowest BCUT2D eigenvalue weighted by Gasteiger charge is -2.29. The molecule has 0 spiro atoms. The van der Waals surface area contributed by atoms with Crippen molar-refractivity contribution >= 4 is 17.7 Å². The number of hydrogen-bond donors (Lipinski definition) is 2. The standard InChI is InChI=1S/C22H25FN4O3/c23-18-9-7-17(8-10-18)22(30)27-15-14-26(21(27)20(29)25-13-12-24)19(28)11-6-16-4-2-1-3-5-16/h1-5,7-10,21H,6,11-15,24H2,(H,25,29). The van der Waals surface area contributed by atoms with E-state index in [0.29, 0.717) is 6.42 Å². The maximum atomic E-state index is 13.2. The number of nitrogens with one attached hydrogen (secondary N) is 1. The van der Waals surface area contributed by atoms with Crippen LogP contribution in [0.15, 0.2) is 54.6 Å². The summed E-state index contributed by atoms with van der Waals surface area (Å²) in [5.74, 6) is -1.55. The van der Waals surface area contributed by atoms with Gasteiger partial charge in [0, 0.05) is 38.2 Å². The molecular weight excluding hydrogens is 387 g/mol. The average molecular weight is 412 g/mol. The van der Waals surface area contributed by atoms with E-state index < -0.39 is 23.8 Å². The van der Waals surface area contributed by atoms with Crippen molar-refractivity contribution in [2.45, 2.75) is 19.0 Å². The van der Waals surface area contributed by atoms with Gasteiger partial charge in [-0.05, 0) is 36.2 Å². The van der Waals surface area contributed by atoms with Crippen LogP contribution < -0.4 is 11.1 Å². The largest absolute Gasteiger partial charge is 0.351 e. The van der Waals surface area contributed by atoms with Crippen LogP contribution in [0.5, 0.6) is 0 Å². The summed E-state index contributed by atoms with van der Waals surface area (Å²) in [5, 5.41) is 2.67. The van der Waals surface area contributed by atoms with Crippen molar-refractivity contribution in [2.75, 3.05) is 26.2 Å². The summed E-state index contributed by atoms with van der Waals surface area (Å²) in [6.45, 7) is 0.946. The van der Waals surface area contributed by atoms with E-state index >= 15 is 0 Å². The number of aryl methyl sites for hydroxylation is 1. The predicted molar refractivity (Wildman–Crippen MR) is 110 cm³/mol. The van der Waals surface area contributed by atoms with Gasteiger partial charge in [0.05, 0.1) is 0 Å². The first-order valence-corrected chi connectivity index (χ1v) is 9.89. The molecule has 0 radical (unpaired) electrons. The molecule has 1 fully saturated rings. The number of hydrogen-bond acceptors (Lipinski definition) is 4. The van der Waals surface area contributed by atoms with Gasteiger partial charge in [-0.2, -0.15) is 0 Å². The minimum absolute atomic E-state index is 0.207. The van der Waals surface area contributed by atoms with Gasteiger partial charge in [0.15, 0.2) is 6.17 Å². The molecule has 0 aromatic heterocycles. The molecule has 3 rings (SSSR count). The zero-order valence-electron chi connectivity index (χ0n) is 16.6. The van der Waals surface area contributed by atoms with Crippen LogP contribution in [0.4, 0.5) is 4.39 Å². The Bertz CT molecular complexity index is 889. The first-order valence-electron chi connectivity index (χ1n) is 9.89. The first kappa shape index (κ1) is 21.4. The SMILES string of the molecule is NCCNC(=O)C1N(C(=O)CCc2ccccc2)CCN1C(=O)c1ccc(F)cc1. The third kappa shape index (κ3) is 5.01. The van der Waals surface area contributed by atoms with Crippen molar-refractivity contribution in [1.29, 1.82) is 0 Å². The van der Waals surface area contributed by atoms with E-state index in [1.807, 2.05) is 30.3 Å². The highest BCUT2D eigenvalue weighted by Gasteiger charge is 2.42. The van der Waals surface area contributed by atoms with Gasteiger partial charge in [0.2, 0.25) is 5.91 Å². The number of halogens is 1. The molecule has 0 bridgehead atoms. The lowest BCUT2D eigenvalue weighted by Crippen LogP contribution is -2.54. The van der Waals surface area contributed by atoms with Gasteiger partial charge in [-0.25, -0.2) is 4.39 Å². The fourth-order valence-electron chi connectivity index (χ4n) is 3.47. The number of carbonyl (C=O) groups is 3. The second kappa shape index (κ2) is 9.98. The van der Waals surface area contributed by atoms with Gasteiger partial charge in [-0.15, -0.1) is 0 Å². The zero-order chi connectivity index (χ0) is 21.5. The summed E-state index contributed by atoms with van der Waals surface area (Å²) in [4.78, 5) is 41.4. The van der Waals surface area contributed by atoms with Gasteiger partial charge < -0.3 is 20.9 Å². The van der Waals surface area contributed by atoms with Crippen molar-refractivity contribution in [1.82, 2.24) is 15.1 Å². The minimum Gasteiger partial charge on any atom is -0.351 e. The molecule has 7 nitrogen and oxygen atoms in total. The lowest BCUT2D eigenvalue weighted by atomic mass is 10.1. The molecule has 8 heteroatoms. The molecule has 2 aromatic carbocycles. The van der Waals surface area contributed by atoms with Gasteiger partial charge in [0.1, 0.15) is 5.82 Å². The predicted octanol–water partition coefficient (Wildman–Crippen LogP) is 1.14. The molecule has 0 saturated carbocycles. The van der Waals surface area contributed by atoms with Crippen molar-refractivity contribution in [3.05, 3.63) is 71.5 Å². The van der Waals surface area contributed by atoms with Gasteiger partial charge in [0.25, 0.3) is 11.8 Å². The van der Waals surface area contributed by atoms with E-state index in [2.05, 4.69) is 5.32 Å². The zero-order valence-corrected chi connectivity index (χ0v) is 16.6. The third-order valence-electron chi connectivity index (χ3n) is 4.99. The normalized spacial score (nSPS) is 15.9. The van der Waals surface area contributed by atoms with E-state index in [9.17, 15) is 18.8 Å². The quantitative estimate of drug-likeness (QED) is 0.713. The Morgan fingerprint density at radius 1 is 1.00 bits per heavy atom. The molecule has 1 aliphatic heterocycles. The Hall–Kier alpha value is -3.26. The number of nitrogens with zero attached hydrogens (tertiary/aromatic N) is 2. The van der Waals surface area contributed by atoms with Crippen LogP contribution in [-0.2, 0) is 16.0 Å². The Balaban J connectivity index is 1.76. The van der Waals surface area contributed by atoms with Crippen LogP contribution in [0.1, 0.15) is 22.3 Å². The summed E-state index contributed by atoms with van der Waals surface area (Å²) >= 11 is 0. The minimum atomic E-state index is -1.06. The molecule has 3 N–H and O–H groups in total. The monoisotopic (exact) mass is 412 g/mol. The smallest absolute Gasteiger partial charge is 0.263 e. The van der Waals surface area contributed by atoms with Gasteiger partial charge >= 0.3 is 0 Å². The average Bonchev–Trinajstić information content (AvgIpc) is 3.22. The Morgan fingerprint density at radius 2 is 1.67 bits per heavy atom. The molecule has 30 heavy (non-hydrogen) atoms. The number of amides is 3. The van der Waals surface area contributed by atoms with Crippen molar-refractivity contribution in [2.24, 2.45) is 5.73 Å². The highest BCUT2D eigenvalue weighted by molar-refractivity contribution is 5.99. The van der Waals surface area contributed by atoms with Crippen LogP contribution >= 0.6 is 0 Å². The second-order valence-electron chi connectivity index (χ2n) is 7.03. The molecule has 1 atom stereocenters. The van der Waals surface area contributed by atoms with Crippen molar-refractivity contribution in [3.63, 3.8) is 0 Å². The highest BCUT2D eigenvalue weighted by atomic mass is 19.1. The highest BCUT2D eigenvalue weighted by Crippen LogP contribution is 2.20. The molecule has 2 aromatic rings.